The van der Waals surface area contributed by atoms with Gasteiger partial charge in [-0.3, -0.25) is 10.1 Å². The van der Waals surface area contributed by atoms with E-state index in [1.54, 1.807) is 6.07 Å². The van der Waals surface area contributed by atoms with E-state index in [1.165, 1.54) is 18.9 Å². The first kappa shape index (κ1) is 14.1. The molecule has 6 heteroatoms. The smallest absolute Gasteiger partial charge is 0.311 e. The van der Waals surface area contributed by atoms with Crippen LogP contribution in [0.4, 0.5) is 11.5 Å². The maximum atomic E-state index is 11.0. The predicted octanol–water partition coefficient (Wildman–Crippen LogP) is 3.38. The zero-order chi connectivity index (χ0) is 13.8. The molecule has 5 nitrogen and oxygen atoms in total. The molecule has 0 spiro atoms. The third kappa shape index (κ3) is 3.59. The number of aryl methyl sites for hydroxylation is 1. The van der Waals surface area contributed by atoms with Crippen LogP contribution in [0, 0.1) is 17.0 Å². The first-order valence-electron chi connectivity index (χ1n) is 6.51. The van der Waals surface area contributed by atoms with Crippen LogP contribution >= 0.6 is 11.8 Å². The standard InChI is InChI=1S/C13H19N3O2S/c1-9-3-8-12(16(17)18)13(14-9)15-10-4-6-11(19-2)7-5-10/h3,8,10-11H,4-7H2,1-2H3,(H,14,15). The summed E-state index contributed by atoms with van der Waals surface area (Å²) in [6.45, 7) is 1.85. The van der Waals surface area contributed by atoms with Crippen molar-refractivity contribution in [3.05, 3.63) is 27.9 Å². The molecule has 0 radical (unpaired) electrons. The maximum Gasteiger partial charge on any atom is 0.311 e. The highest BCUT2D eigenvalue weighted by atomic mass is 32.2. The van der Waals surface area contributed by atoms with E-state index >= 15 is 0 Å². The van der Waals surface area contributed by atoms with Crippen LogP contribution in [-0.2, 0) is 0 Å². The van der Waals surface area contributed by atoms with Gasteiger partial charge in [-0.1, -0.05) is 0 Å². The maximum absolute atomic E-state index is 11.0. The second kappa shape index (κ2) is 6.23. The Labute approximate surface area is 117 Å². The SMILES string of the molecule is CSC1CCC(Nc2nc(C)ccc2[N+](=O)[O-])CC1. The first-order chi connectivity index (χ1) is 9.10. The average Bonchev–Trinajstić information content (AvgIpc) is 2.39. The minimum atomic E-state index is -0.373. The van der Waals surface area contributed by atoms with Crippen molar-refractivity contribution in [2.45, 2.75) is 43.9 Å². The van der Waals surface area contributed by atoms with Gasteiger partial charge in [0.25, 0.3) is 0 Å². The molecule has 0 aromatic carbocycles. The van der Waals surface area contributed by atoms with Crippen molar-refractivity contribution < 1.29 is 4.92 Å². The minimum Gasteiger partial charge on any atom is -0.362 e. The van der Waals surface area contributed by atoms with Gasteiger partial charge in [-0.2, -0.15) is 11.8 Å². The van der Waals surface area contributed by atoms with E-state index in [9.17, 15) is 10.1 Å². The van der Waals surface area contributed by atoms with Gasteiger partial charge >= 0.3 is 5.69 Å². The first-order valence-corrected chi connectivity index (χ1v) is 7.80. The Balaban J connectivity index is 2.06. The van der Waals surface area contributed by atoms with E-state index in [1.807, 2.05) is 18.7 Å². The van der Waals surface area contributed by atoms with Crippen LogP contribution in [0.3, 0.4) is 0 Å². The molecule has 0 atom stereocenters. The summed E-state index contributed by atoms with van der Waals surface area (Å²) in [4.78, 5) is 14.9. The summed E-state index contributed by atoms with van der Waals surface area (Å²) in [6, 6.07) is 3.50. The molecule has 1 fully saturated rings. The van der Waals surface area contributed by atoms with Crippen molar-refractivity contribution in [1.82, 2.24) is 4.98 Å². The van der Waals surface area contributed by atoms with Crippen LogP contribution in [-0.4, -0.2) is 27.5 Å². The molecule has 0 amide bonds. The molecule has 0 aliphatic heterocycles. The zero-order valence-electron chi connectivity index (χ0n) is 11.3. The fourth-order valence-corrected chi connectivity index (χ4v) is 3.18. The average molecular weight is 281 g/mol. The summed E-state index contributed by atoms with van der Waals surface area (Å²) in [7, 11) is 0. The zero-order valence-corrected chi connectivity index (χ0v) is 12.1. The van der Waals surface area contributed by atoms with Crippen LogP contribution in [0.1, 0.15) is 31.4 Å². The van der Waals surface area contributed by atoms with Gasteiger partial charge in [0.05, 0.1) is 4.92 Å². The van der Waals surface area contributed by atoms with Gasteiger partial charge in [-0.05, 0) is 44.9 Å². The van der Waals surface area contributed by atoms with Crippen LogP contribution in [0.2, 0.25) is 0 Å². The summed E-state index contributed by atoms with van der Waals surface area (Å²) < 4.78 is 0. The number of nitrogens with one attached hydrogen (secondary N) is 1. The van der Waals surface area contributed by atoms with Crippen molar-refractivity contribution in [2.75, 3.05) is 11.6 Å². The normalized spacial score (nSPS) is 23.1. The third-order valence-electron chi connectivity index (χ3n) is 3.56. The van der Waals surface area contributed by atoms with Gasteiger partial charge < -0.3 is 5.32 Å². The van der Waals surface area contributed by atoms with Crippen molar-refractivity contribution in [2.24, 2.45) is 0 Å². The van der Waals surface area contributed by atoms with Gasteiger partial charge in [0.15, 0.2) is 0 Å². The molecule has 0 saturated heterocycles. The largest absolute Gasteiger partial charge is 0.362 e. The molecule has 1 aromatic rings. The van der Waals surface area contributed by atoms with Crippen LogP contribution < -0.4 is 5.32 Å². The number of hydrogen-bond acceptors (Lipinski definition) is 5. The monoisotopic (exact) mass is 281 g/mol. The van der Waals surface area contributed by atoms with E-state index in [-0.39, 0.29) is 10.6 Å². The molecule has 1 N–H and O–H groups in total. The molecule has 1 aliphatic rings. The number of pyridine rings is 1. The number of rotatable bonds is 4. The Kier molecular flexibility index (Phi) is 4.63. The summed E-state index contributed by atoms with van der Waals surface area (Å²) >= 11 is 1.91. The number of thioether (sulfide) groups is 1. The van der Waals surface area contributed by atoms with Crippen molar-refractivity contribution in [3.63, 3.8) is 0 Å². The highest BCUT2D eigenvalue weighted by molar-refractivity contribution is 7.99. The number of anilines is 1. The Hall–Kier alpha value is -1.30. The number of nitro groups is 1. The van der Waals surface area contributed by atoms with Crippen molar-refractivity contribution in [3.8, 4) is 0 Å². The summed E-state index contributed by atoms with van der Waals surface area (Å²) in [5.74, 6) is 0.414. The summed E-state index contributed by atoms with van der Waals surface area (Å²) in [5.41, 5.74) is 0.864. The van der Waals surface area contributed by atoms with Crippen LogP contribution in [0.25, 0.3) is 0 Å². The lowest BCUT2D eigenvalue weighted by molar-refractivity contribution is -0.384. The van der Waals surface area contributed by atoms with E-state index < -0.39 is 0 Å². The van der Waals surface area contributed by atoms with Gasteiger partial charge in [0.1, 0.15) is 0 Å². The van der Waals surface area contributed by atoms with Crippen LogP contribution in [0.15, 0.2) is 12.1 Å². The predicted molar refractivity (Wildman–Crippen MR) is 78.8 cm³/mol. The molecule has 0 unspecified atom stereocenters. The molecule has 1 aliphatic carbocycles. The molecule has 1 aromatic heterocycles. The number of nitrogens with zero attached hydrogens (tertiary/aromatic N) is 2. The fourth-order valence-electron chi connectivity index (χ4n) is 2.44. The van der Waals surface area contributed by atoms with Crippen molar-refractivity contribution >= 4 is 23.3 Å². The quantitative estimate of drug-likeness (QED) is 0.677. The van der Waals surface area contributed by atoms with E-state index in [4.69, 9.17) is 0 Å². The van der Waals surface area contributed by atoms with E-state index in [0.717, 1.165) is 23.8 Å². The molecule has 0 bridgehead atoms. The summed E-state index contributed by atoms with van der Waals surface area (Å²) in [6.07, 6.45) is 6.58. The number of aromatic nitrogens is 1. The molecule has 1 saturated carbocycles. The topological polar surface area (TPSA) is 68.1 Å². The van der Waals surface area contributed by atoms with Crippen LogP contribution in [0.5, 0.6) is 0 Å². The van der Waals surface area contributed by atoms with Gasteiger partial charge in [-0.15, -0.1) is 0 Å². The van der Waals surface area contributed by atoms with Gasteiger partial charge in [0.2, 0.25) is 5.82 Å². The highest BCUT2D eigenvalue weighted by Gasteiger charge is 2.23. The number of hydrogen-bond donors (Lipinski definition) is 1. The Bertz CT molecular complexity index is 459. The Morgan fingerprint density at radius 3 is 2.63 bits per heavy atom. The molecule has 1 heterocycles. The minimum absolute atomic E-state index is 0.0672. The van der Waals surface area contributed by atoms with E-state index in [2.05, 4.69) is 16.6 Å². The van der Waals surface area contributed by atoms with E-state index in [0.29, 0.717) is 11.9 Å². The molecular weight excluding hydrogens is 262 g/mol. The Morgan fingerprint density at radius 2 is 2.05 bits per heavy atom. The molecular formula is C13H19N3O2S. The fraction of sp³-hybridized carbons (Fsp3) is 0.615. The second-order valence-corrected chi connectivity index (χ2v) is 6.07. The van der Waals surface area contributed by atoms with Gasteiger partial charge in [-0.25, -0.2) is 4.98 Å². The molecule has 19 heavy (non-hydrogen) atoms. The lowest BCUT2D eigenvalue weighted by atomic mass is 9.95. The lowest BCUT2D eigenvalue weighted by Crippen LogP contribution is -2.27. The summed E-state index contributed by atoms with van der Waals surface area (Å²) in [5, 5.41) is 15.0. The lowest BCUT2D eigenvalue weighted by Gasteiger charge is -2.28. The highest BCUT2D eigenvalue weighted by Crippen LogP contribution is 2.30. The van der Waals surface area contributed by atoms with Gasteiger partial charge in [0, 0.05) is 23.1 Å². The molecule has 2 rings (SSSR count). The third-order valence-corrected chi connectivity index (χ3v) is 4.70. The molecule has 104 valence electrons. The second-order valence-electron chi connectivity index (χ2n) is 4.93. The Morgan fingerprint density at radius 1 is 1.37 bits per heavy atom. The van der Waals surface area contributed by atoms with Crippen molar-refractivity contribution in [1.29, 1.82) is 0 Å².